The van der Waals surface area contributed by atoms with E-state index in [0.717, 1.165) is 23.3 Å². The molecule has 1 aliphatic carbocycles. The smallest absolute Gasteiger partial charge is 0.157 e. The molecule has 3 atom stereocenters. The summed E-state index contributed by atoms with van der Waals surface area (Å²) >= 11 is 0. The van der Waals surface area contributed by atoms with Crippen LogP contribution in [0.3, 0.4) is 0 Å². The van der Waals surface area contributed by atoms with E-state index in [1.165, 1.54) is 0 Å². The first-order chi connectivity index (χ1) is 12.4. The topological polar surface area (TPSA) is 57.2 Å². The molecule has 1 aromatic rings. The maximum absolute atomic E-state index is 10.7. The van der Waals surface area contributed by atoms with Gasteiger partial charge in [-0.05, 0) is 30.5 Å². The van der Waals surface area contributed by atoms with Crippen molar-refractivity contribution in [3.8, 4) is 5.75 Å². The van der Waals surface area contributed by atoms with Crippen LogP contribution in [0.4, 0.5) is 0 Å². The van der Waals surface area contributed by atoms with Gasteiger partial charge in [0.1, 0.15) is 5.75 Å². The normalized spacial score (nSPS) is 26.3. The highest BCUT2D eigenvalue weighted by molar-refractivity contribution is 5.26. The summed E-state index contributed by atoms with van der Waals surface area (Å²) in [6.45, 7) is 7.35. The van der Waals surface area contributed by atoms with E-state index in [-0.39, 0.29) is 12.2 Å². The van der Waals surface area contributed by atoms with Crippen LogP contribution in [0, 0.1) is 11.3 Å². The molecule has 0 saturated heterocycles. The molecule has 1 saturated carbocycles. The lowest BCUT2D eigenvalue weighted by Gasteiger charge is -2.47. The zero-order valence-electron chi connectivity index (χ0n) is 16.4. The third-order valence-corrected chi connectivity index (χ3v) is 5.63. The summed E-state index contributed by atoms with van der Waals surface area (Å²) in [6.07, 6.45) is 1.33. The Balaban J connectivity index is 2.03. The second-order valence-electron chi connectivity index (χ2n) is 7.24. The van der Waals surface area contributed by atoms with Gasteiger partial charge in [-0.1, -0.05) is 31.2 Å². The fraction of sp³-hybridized carbons (Fsp3) is 0.619. The molecule has 1 N–H and O–H groups in total. The lowest BCUT2D eigenvalue weighted by molar-refractivity contribution is -0.156. The van der Waals surface area contributed by atoms with Crippen molar-refractivity contribution in [3.05, 3.63) is 42.0 Å². The van der Waals surface area contributed by atoms with Crippen LogP contribution < -0.4 is 4.74 Å². The van der Waals surface area contributed by atoms with Crippen molar-refractivity contribution < 1.29 is 24.1 Å². The Hall–Kier alpha value is -1.40. The molecular formula is C21H32O5. The molecule has 146 valence electrons. The molecule has 26 heavy (non-hydrogen) atoms. The lowest BCUT2D eigenvalue weighted by atomic mass is 9.62. The summed E-state index contributed by atoms with van der Waals surface area (Å²) in [5.41, 5.74) is 1.81. The first-order valence-electron chi connectivity index (χ1n) is 9.06. The Labute approximate surface area is 156 Å². The van der Waals surface area contributed by atoms with Crippen LogP contribution in [0.5, 0.6) is 5.75 Å². The Bertz CT molecular complexity index is 566. The second kappa shape index (κ2) is 9.51. The van der Waals surface area contributed by atoms with E-state index in [1.54, 1.807) is 21.3 Å². The number of rotatable bonds is 9. The number of benzene rings is 1. The first-order valence-corrected chi connectivity index (χ1v) is 9.06. The largest absolute Gasteiger partial charge is 0.497 e. The molecule has 2 rings (SSSR count). The highest BCUT2D eigenvalue weighted by Gasteiger charge is 2.46. The van der Waals surface area contributed by atoms with Gasteiger partial charge in [0.25, 0.3) is 0 Å². The van der Waals surface area contributed by atoms with E-state index >= 15 is 0 Å². The van der Waals surface area contributed by atoms with Crippen molar-refractivity contribution in [2.75, 3.05) is 27.9 Å². The molecule has 0 heterocycles. The van der Waals surface area contributed by atoms with Crippen LogP contribution in [0.2, 0.25) is 0 Å². The molecule has 1 aliphatic rings. The number of hydrogen-bond acceptors (Lipinski definition) is 5. The Morgan fingerprint density at radius 1 is 1.19 bits per heavy atom. The fourth-order valence-corrected chi connectivity index (χ4v) is 3.75. The maximum Gasteiger partial charge on any atom is 0.157 e. The summed E-state index contributed by atoms with van der Waals surface area (Å²) in [4.78, 5) is 0. The van der Waals surface area contributed by atoms with Crippen LogP contribution in [-0.2, 0) is 20.8 Å². The van der Waals surface area contributed by atoms with Crippen LogP contribution >= 0.6 is 0 Å². The summed E-state index contributed by atoms with van der Waals surface area (Å²) < 4.78 is 21.9. The van der Waals surface area contributed by atoms with Gasteiger partial charge in [0, 0.05) is 32.0 Å². The monoisotopic (exact) mass is 364 g/mol. The van der Waals surface area contributed by atoms with Gasteiger partial charge in [0.05, 0.1) is 26.4 Å². The minimum Gasteiger partial charge on any atom is -0.497 e. The van der Waals surface area contributed by atoms with Gasteiger partial charge in [0.2, 0.25) is 0 Å². The van der Waals surface area contributed by atoms with Crippen molar-refractivity contribution in [1.82, 2.24) is 0 Å². The summed E-state index contributed by atoms with van der Waals surface area (Å²) in [5.74, 6) is 0.882. The molecule has 0 amide bonds. The third kappa shape index (κ3) is 4.86. The SMILES string of the molecule is C=C1CC[C@H](O)[C@@](C)(CC(OC)OC)[C@@H]1COCc1ccc(OC)cc1. The van der Waals surface area contributed by atoms with Crippen molar-refractivity contribution in [3.63, 3.8) is 0 Å². The van der Waals surface area contributed by atoms with Gasteiger partial charge >= 0.3 is 0 Å². The highest BCUT2D eigenvalue weighted by atomic mass is 16.7. The van der Waals surface area contributed by atoms with Gasteiger partial charge in [-0.3, -0.25) is 0 Å². The van der Waals surface area contributed by atoms with E-state index in [1.807, 2.05) is 24.3 Å². The lowest BCUT2D eigenvalue weighted by Crippen LogP contribution is -2.48. The van der Waals surface area contributed by atoms with Crippen LogP contribution in [0.15, 0.2) is 36.4 Å². The first kappa shape index (κ1) is 20.9. The summed E-state index contributed by atoms with van der Waals surface area (Å²) in [7, 11) is 4.90. The molecule has 1 fully saturated rings. The minimum absolute atomic E-state index is 0.0531. The zero-order valence-corrected chi connectivity index (χ0v) is 16.4. The predicted molar refractivity (Wildman–Crippen MR) is 101 cm³/mol. The quantitative estimate of drug-likeness (QED) is 0.536. The van der Waals surface area contributed by atoms with E-state index < -0.39 is 11.5 Å². The predicted octanol–water partition coefficient (Wildman–Crippen LogP) is 3.55. The molecule has 1 aromatic carbocycles. The second-order valence-corrected chi connectivity index (χ2v) is 7.24. The van der Waals surface area contributed by atoms with Crippen LogP contribution in [0.1, 0.15) is 31.7 Å². The number of aliphatic hydroxyl groups excluding tert-OH is 1. The molecule has 0 aliphatic heterocycles. The van der Waals surface area contributed by atoms with Crippen LogP contribution in [-0.4, -0.2) is 45.4 Å². The molecular weight excluding hydrogens is 332 g/mol. The number of methoxy groups -OCH3 is 3. The molecule has 0 bridgehead atoms. The van der Waals surface area contributed by atoms with E-state index in [0.29, 0.717) is 26.1 Å². The van der Waals surface area contributed by atoms with Gasteiger partial charge < -0.3 is 24.1 Å². The summed E-state index contributed by atoms with van der Waals surface area (Å²) in [6, 6.07) is 7.84. The van der Waals surface area contributed by atoms with Gasteiger partial charge in [-0.2, -0.15) is 0 Å². The third-order valence-electron chi connectivity index (χ3n) is 5.63. The van der Waals surface area contributed by atoms with Crippen molar-refractivity contribution in [2.45, 2.75) is 45.2 Å². The molecule has 0 unspecified atom stereocenters. The Morgan fingerprint density at radius 2 is 1.85 bits per heavy atom. The Morgan fingerprint density at radius 3 is 2.42 bits per heavy atom. The summed E-state index contributed by atoms with van der Waals surface area (Å²) in [5, 5.41) is 10.7. The highest BCUT2D eigenvalue weighted by Crippen LogP contribution is 2.47. The number of ether oxygens (including phenoxy) is 4. The number of aliphatic hydroxyl groups is 1. The minimum atomic E-state index is -0.435. The molecule has 0 radical (unpaired) electrons. The van der Waals surface area contributed by atoms with Gasteiger partial charge in [-0.25, -0.2) is 0 Å². The number of hydrogen-bond donors (Lipinski definition) is 1. The van der Waals surface area contributed by atoms with Crippen LogP contribution in [0.25, 0.3) is 0 Å². The maximum atomic E-state index is 10.7. The van der Waals surface area contributed by atoms with E-state index in [2.05, 4.69) is 13.5 Å². The van der Waals surface area contributed by atoms with Gasteiger partial charge in [0.15, 0.2) is 6.29 Å². The molecule has 0 aromatic heterocycles. The van der Waals surface area contributed by atoms with Crippen molar-refractivity contribution in [2.24, 2.45) is 11.3 Å². The molecule has 0 spiro atoms. The molecule has 5 heteroatoms. The molecule has 5 nitrogen and oxygen atoms in total. The fourth-order valence-electron chi connectivity index (χ4n) is 3.75. The van der Waals surface area contributed by atoms with Crippen molar-refractivity contribution >= 4 is 0 Å². The van der Waals surface area contributed by atoms with Crippen molar-refractivity contribution in [1.29, 1.82) is 0 Å². The Kier molecular flexibility index (Phi) is 7.65. The van der Waals surface area contributed by atoms with E-state index in [9.17, 15) is 5.11 Å². The average Bonchev–Trinajstić information content (AvgIpc) is 2.66. The standard InChI is InChI=1S/C21H32O5/c1-15-6-11-19(22)21(2,12-20(24-4)25-5)18(15)14-26-13-16-7-9-17(23-3)10-8-16/h7-10,18-20,22H,1,6,11-14H2,2-5H3/t18-,19+,21+/m1/s1. The van der Waals surface area contributed by atoms with E-state index in [4.69, 9.17) is 18.9 Å². The zero-order chi connectivity index (χ0) is 19.2. The average molecular weight is 364 g/mol. The van der Waals surface area contributed by atoms with Gasteiger partial charge in [-0.15, -0.1) is 0 Å².